The van der Waals surface area contributed by atoms with Crippen LogP contribution in [0.5, 0.6) is 0 Å². The predicted octanol–water partition coefficient (Wildman–Crippen LogP) is 0.509. The summed E-state index contributed by atoms with van der Waals surface area (Å²) < 4.78 is 0. The number of likely N-dealkylation sites (tertiary alicyclic amines) is 1. The molecule has 17 N–H and O–H groups in total. The first kappa shape index (κ1) is 75.0. The van der Waals surface area contributed by atoms with E-state index in [4.69, 9.17) is 11.5 Å². The van der Waals surface area contributed by atoms with Gasteiger partial charge in [-0.3, -0.25) is 57.5 Å². The molecule has 0 bridgehead atoms. The molecule has 0 radical (unpaired) electrons. The number of unbranched alkanes of at least 4 members (excludes halogenated alkanes) is 1. The Morgan fingerprint density at radius 3 is 1.55 bits per heavy atom. The lowest BCUT2D eigenvalue weighted by atomic mass is 9.96. The Hall–Kier alpha value is -8.21. The molecule has 2 aromatic rings. The molecule has 9 amide bonds. The van der Waals surface area contributed by atoms with Gasteiger partial charge in [-0.1, -0.05) is 86.4 Å². The molecule has 0 unspecified atom stereocenters. The molecular weight excluding hydrogens is 1160 g/mol. The van der Waals surface area contributed by atoms with E-state index in [0.717, 1.165) is 0 Å². The molecule has 1 saturated heterocycles. The first-order chi connectivity index (χ1) is 41.9. The van der Waals surface area contributed by atoms with Gasteiger partial charge in [0.1, 0.15) is 54.4 Å². The summed E-state index contributed by atoms with van der Waals surface area (Å²) in [5, 5.41) is 59.2. The predicted molar refractivity (Wildman–Crippen MR) is 325 cm³/mol. The monoisotopic (exact) mass is 1250 g/mol. The summed E-state index contributed by atoms with van der Waals surface area (Å²) >= 11 is 0. The van der Waals surface area contributed by atoms with Crippen molar-refractivity contribution in [2.24, 2.45) is 35.1 Å². The Morgan fingerprint density at radius 2 is 1.04 bits per heavy atom. The Morgan fingerprint density at radius 1 is 0.573 bits per heavy atom. The van der Waals surface area contributed by atoms with Crippen LogP contribution in [0, 0.1) is 23.7 Å². The molecule has 0 aliphatic carbocycles. The van der Waals surface area contributed by atoms with E-state index in [1.54, 1.807) is 72.0 Å². The van der Waals surface area contributed by atoms with Gasteiger partial charge < -0.3 is 84.3 Å². The van der Waals surface area contributed by atoms with E-state index in [1.807, 2.05) is 19.2 Å². The van der Waals surface area contributed by atoms with Crippen LogP contribution in [-0.2, 0) is 68.7 Å². The number of hydrogen-bond donors (Lipinski definition) is 15. The highest BCUT2D eigenvalue weighted by molar-refractivity contribution is 5.99. The number of carboxylic acid groups (broad SMARTS) is 4. The zero-order valence-corrected chi connectivity index (χ0v) is 52.2. The third kappa shape index (κ3) is 24.4. The van der Waals surface area contributed by atoms with E-state index in [-0.39, 0.29) is 82.2 Å². The van der Waals surface area contributed by atoms with E-state index < -0.39 is 169 Å². The summed E-state index contributed by atoms with van der Waals surface area (Å²) in [6, 6.07) is -7.01. The van der Waals surface area contributed by atoms with Gasteiger partial charge in [-0.2, -0.15) is 0 Å². The minimum atomic E-state index is -1.95. The first-order valence-electron chi connectivity index (χ1n) is 30.5. The molecule has 0 spiro atoms. The Bertz CT molecular complexity index is 2790. The average Bonchev–Trinajstić information content (AvgIpc) is 3.36. The number of carbonyl (C=O) groups is 13. The summed E-state index contributed by atoms with van der Waals surface area (Å²) in [6.45, 7) is 14.5. The number of fused-ring (bicyclic) bond motifs is 1. The molecule has 496 valence electrons. The number of benzene rings is 1. The van der Waals surface area contributed by atoms with Gasteiger partial charge in [0.05, 0.1) is 12.5 Å². The average molecular weight is 1260 g/mol. The topological polar surface area (TPSA) is 470 Å². The lowest BCUT2D eigenvalue weighted by molar-refractivity contribution is -0.147. The molecular formula is C60H94N12O17. The smallest absolute Gasteiger partial charge is 0.326 e. The first-order valence-corrected chi connectivity index (χ1v) is 30.5. The van der Waals surface area contributed by atoms with Crippen LogP contribution in [0.3, 0.4) is 0 Å². The van der Waals surface area contributed by atoms with Gasteiger partial charge in [0.15, 0.2) is 0 Å². The minimum Gasteiger partial charge on any atom is -0.481 e. The highest BCUT2D eigenvalue weighted by atomic mass is 16.4. The Kier molecular flexibility index (Phi) is 31.1. The van der Waals surface area contributed by atoms with Gasteiger partial charge in [-0.05, 0) is 99.6 Å². The molecule has 12 atom stereocenters. The van der Waals surface area contributed by atoms with E-state index >= 15 is 0 Å². The van der Waals surface area contributed by atoms with Gasteiger partial charge >= 0.3 is 23.9 Å². The molecule has 3 rings (SSSR count). The van der Waals surface area contributed by atoms with E-state index in [0.29, 0.717) is 35.7 Å². The number of para-hydroxylation sites is 1. The van der Waals surface area contributed by atoms with Gasteiger partial charge in [-0.25, -0.2) is 4.79 Å². The van der Waals surface area contributed by atoms with Gasteiger partial charge in [0, 0.05) is 42.9 Å². The number of H-pyrrole nitrogens is 1. The third-order valence-corrected chi connectivity index (χ3v) is 15.7. The summed E-state index contributed by atoms with van der Waals surface area (Å²) in [4.78, 5) is 179. The Labute approximate surface area is 517 Å². The van der Waals surface area contributed by atoms with Crippen molar-refractivity contribution in [3.8, 4) is 0 Å². The lowest BCUT2D eigenvalue weighted by Gasteiger charge is -2.30. The van der Waals surface area contributed by atoms with Gasteiger partial charge in [-0.15, -0.1) is 0 Å². The summed E-state index contributed by atoms with van der Waals surface area (Å²) in [7, 11) is 0. The highest BCUT2D eigenvalue weighted by Crippen LogP contribution is 2.23. The number of aromatic amines is 1. The van der Waals surface area contributed by atoms with Crippen molar-refractivity contribution in [2.75, 3.05) is 13.1 Å². The van der Waals surface area contributed by atoms with Gasteiger partial charge in [0.25, 0.3) is 0 Å². The second-order valence-corrected chi connectivity index (χ2v) is 23.8. The number of nitrogens with zero attached hydrogens (tertiary/aromatic N) is 1. The number of amides is 9. The molecule has 89 heavy (non-hydrogen) atoms. The van der Waals surface area contributed by atoms with E-state index in [1.165, 1.54) is 4.90 Å². The quantitative estimate of drug-likeness (QED) is 0.0404. The Balaban J connectivity index is 1.99. The normalized spacial score (nSPS) is 16.8. The molecule has 2 heterocycles. The fraction of sp³-hybridized carbons (Fsp3) is 0.650. The second kappa shape index (κ2) is 36.9. The van der Waals surface area contributed by atoms with Crippen molar-refractivity contribution in [2.45, 2.75) is 212 Å². The van der Waals surface area contributed by atoms with Crippen LogP contribution in [0.4, 0.5) is 0 Å². The fourth-order valence-corrected chi connectivity index (χ4v) is 10.2. The van der Waals surface area contributed by atoms with E-state index in [2.05, 4.69) is 42.2 Å². The van der Waals surface area contributed by atoms with Crippen molar-refractivity contribution in [3.05, 3.63) is 36.0 Å². The van der Waals surface area contributed by atoms with Crippen molar-refractivity contribution in [1.82, 2.24) is 52.4 Å². The molecule has 29 nitrogen and oxygen atoms in total. The van der Waals surface area contributed by atoms with E-state index in [9.17, 15) is 82.8 Å². The van der Waals surface area contributed by atoms with Gasteiger partial charge in [0.2, 0.25) is 53.2 Å². The minimum absolute atomic E-state index is 0.0115. The number of nitrogens with two attached hydrogens (primary N) is 2. The van der Waals surface area contributed by atoms with Crippen LogP contribution in [0.15, 0.2) is 30.5 Å². The molecule has 1 aliphatic heterocycles. The maximum atomic E-state index is 14.8. The second-order valence-electron chi connectivity index (χ2n) is 23.8. The zero-order valence-electron chi connectivity index (χ0n) is 52.2. The van der Waals surface area contributed by atoms with Crippen molar-refractivity contribution >= 4 is 87.9 Å². The number of carbonyl (C=O) groups excluding carboxylic acids is 9. The standard InChI is InChI=1S/C60H94N12O17/c1-9-33(7)49(62)59(87)72-25-15-19-45(72)57(85)65-39(20-22-46(73)74)52(80)67-42(27-32(5)6)55(83)68-41(26-31(3)4)54(82)64-38(18-13-14-24-61)51(79)69-43(28-35-30-63-37-17-12-11-16-36(35)37)56(84)71-50(34(8)10-2)58(86)66-40(21-23-47(75)76)53(81)70-44(60(88)89)29-48(77)78/h11-12,16-17,30-34,38-45,49-50,63H,9-10,13-15,18-29,61-62H2,1-8H3,(H,64,82)(H,65,85)(H,66,86)(H,67,80)(H,68,83)(H,69,79)(H,70,81)(H,71,84)(H,73,74)(H,75,76)(H,77,78)(H,88,89)/t33-,34-,38-,39-,40-,41-,42-,43-,44-,45-,49-,50-/m0/s1. The molecule has 29 heteroatoms. The largest absolute Gasteiger partial charge is 0.481 e. The summed E-state index contributed by atoms with van der Waals surface area (Å²) in [5.74, 6) is -15.0. The maximum absolute atomic E-state index is 14.8. The van der Waals surface area contributed by atoms with Crippen LogP contribution < -0.4 is 54.0 Å². The molecule has 1 aromatic carbocycles. The molecule has 1 fully saturated rings. The zero-order chi connectivity index (χ0) is 66.8. The SMILES string of the molecule is CC[C@H](C)[C@H](N)C(=O)N1CCC[C@H]1C(=O)N[C@@H](CCC(=O)O)C(=O)N[C@@H](CC(C)C)C(=O)N[C@@H](CC(C)C)C(=O)N[C@@H](CCCCN)C(=O)N[C@@H](Cc1c[nH]c2ccccc12)C(=O)N[C@H](C(=O)N[C@@H](CCC(=O)O)C(=O)N[C@@H](CC(=O)O)C(=O)O)[C@@H](C)CC. The number of carboxylic acids is 4. The summed E-state index contributed by atoms with van der Waals surface area (Å²) in [6.07, 6.45) is 0.435. The van der Waals surface area contributed by atoms with Crippen molar-refractivity contribution in [3.63, 3.8) is 0 Å². The highest BCUT2D eigenvalue weighted by Gasteiger charge is 2.41. The number of rotatable bonds is 40. The fourth-order valence-electron chi connectivity index (χ4n) is 10.2. The van der Waals surface area contributed by atoms with Crippen LogP contribution >= 0.6 is 0 Å². The number of aromatic nitrogens is 1. The molecule has 1 aliphatic rings. The van der Waals surface area contributed by atoms with Crippen LogP contribution in [0.1, 0.15) is 151 Å². The van der Waals surface area contributed by atoms with Crippen LogP contribution in [-0.4, -0.2) is 181 Å². The van der Waals surface area contributed by atoms with Crippen LogP contribution in [0.2, 0.25) is 0 Å². The number of nitrogens with one attached hydrogen (secondary N) is 9. The molecule has 1 aromatic heterocycles. The van der Waals surface area contributed by atoms with Crippen LogP contribution in [0.25, 0.3) is 10.9 Å². The lowest BCUT2D eigenvalue weighted by Crippen LogP contribution is -2.61. The number of hydrogen-bond acceptors (Lipinski definition) is 15. The van der Waals surface area contributed by atoms with Crippen molar-refractivity contribution < 1.29 is 82.8 Å². The number of aliphatic carboxylic acids is 4. The molecule has 0 saturated carbocycles. The summed E-state index contributed by atoms with van der Waals surface area (Å²) in [5.41, 5.74) is 13.3. The van der Waals surface area contributed by atoms with Crippen molar-refractivity contribution in [1.29, 1.82) is 0 Å². The third-order valence-electron chi connectivity index (χ3n) is 15.7. The maximum Gasteiger partial charge on any atom is 0.326 e.